The highest BCUT2D eigenvalue weighted by Crippen LogP contribution is 2.14. The van der Waals surface area contributed by atoms with E-state index in [-0.39, 0.29) is 12.2 Å². The molecule has 1 saturated heterocycles. The molecule has 1 aliphatic rings. The maximum Gasteiger partial charge on any atom is 0.410 e. The summed E-state index contributed by atoms with van der Waals surface area (Å²) in [5.41, 5.74) is 4.05. The second kappa shape index (κ2) is 5.92. The third-order valence-electron chi connectivity index (χ3n) is 1.82. The minimum absolute atomic E-state index is 0.330. The van der Waals surface area contributed by atoms with E-state index >= 15 is 0 Å². The van der Waals surface area contributed by atoms with Crippen molar-refractivity contribution in [1.82, 2.24) is 4.90 Å². The van der Waals surface area contributed by atoms with Crippen molar-refractivity contribution in [3.05, 3.63) is 0 Å². The van der Waals surface area contributed by atoms with Crippen LogP contribution in [0, 0.1) is 0 Å². The summed E-state index contributed by atoms with van der Waals surface area (Å²) < 4.78 is 5.15. The van der Waals surface area contributed by atoms with Crippen LogP contribution in [0.5, 0.6) is 0 Å². The van der Waals surface area contributed by atoms with Gasteiger partial charge in [0.2, 0.25) is 0 Å². The molecule has 0 spiro atoms. The second-order valence-corrected chi connectivity index (χ2v) is 4.37. The van der Waals surface area contributed by atoms with Crippen LogP contribution in [0.2, 0.25) is 0 Å². The summed E-state index contributed by atoms with van der Waals surface area (Å²) in [6.45, 7) is 6.48. The number of aliphatic hydroxyl groups is 1. The number of aliphatic hydroxyl groups excluding tert-OH is 1. The van der Waals surface area contributed by atoms with Gasteiger partial charge in [-0.2, -0.15) is 0 Å². The molecule has 3 N–H and O–H groups in total. The van der Waals surface area contributed by atoms with Crippen LogP contribution in [-0.4, -0.2) is 47.9 Å². The second-order valence-electron chi connectivity index (χ2n) is 4.37. The number of carbonyl (C=O) groups is 1. The van der Waals surface area contributed by atoms with E-state index in [9.17, 15) is 9.90 Å². The molecule has 0 saturated carbocycles. The van der Waals surface area contributed by atoms with Gasteiger partial charge in [-0.05, 0) is 34.2 Å². The first-order valence-electron chi connectivity index (χ1n) is 5.12. The number of nitrogens with zero attached hydrogens (tertiary/aromatic N) is 1. The van der Waals surface area contributed by atoms with Gasteiger partial charge in [-0.25, -0.2) is 4.79 Å². The first-order chi connectivity index (χ1) is 6.88. The van der Waals surface area contributed by atoms with Crippen LogP contribution in [0.3, 0.4) is 0 Å². The Balaban J connectivity index is 0.000000921. The molecule has 0 aromatic carbocycles. The van der Waals surface area contributed by atoms with Crippen molar-refractivity contribution in [2.45, 2.75) is 38.9 Å². The molecule has 1 unspecified atom stereocenters. The number of hydrogen-bond acceptors (Lipinski definition) is 4. The molecule has 0 aromatic heterocycles. The molecule has 1 amide bonds. The van der Waals surface area contributed by atoms with E-state index in [2.05, 4.69) is 5.73 Å². The lowest BCUT2D eigenvalue weighted by atomic mass is 10.2. The molecule has 1 rings (SSSR count). The summed E-state index contributed by atoms with van der Waals surface area (Å²) in [5, 5.41) is 9.20. The van der Waals surface area contributed by atoms with Gasteiger partial charge in [0.25, 0.3) is 0 Å². The van der Waals surface area contributed by atoms with E-state index in [4.69, 9.17) is 4.74 Å². The molecule has 0 radical (unpaired) electrons. The third-order valence-corrected chi connectivity index (χ3v) is 1.82. The fourth-order valence-corrected chi connectivity index (χ4v) is 1.23. The number of hydrogen-bond donors (Lipinski definition) is 2. The van der Waals surface area contributed by atoms with Gasteiger partial charge in [0.05, 0.1) is 6.10 Å². The minimum Gasteiger partial charge on any atom is -0.444 e. The van der Waals surface area contributed by atoms with Crippen molar-refractivity contribution < 1.29 is 14.6 Å². The van der Waals surface area contributed by atoms with Gasteiger partial charge >= 0.3 is 6.09 Å². The number of likely N-dealkylation sites (tertiary alicyclic amines) is 1. The topological polar surface area (TPSA) is 75.8 Å². The molecular weight excluding hydrogens is 196 g/mol. The fourth-order valence-electron chi connectivity index (χ4n) is 1.23. The molecule has 1 atom stereocenters. The first kappa shape index (κ1) is 14.2. The Morgan fingerprint density at radius 3 is 2.33 bits per heavy atom. The molecule has 5 nitrogen and oxygen atoms in total. The molecule has 1 fully saturated rings. The zero-order valence-electron chi connectivity index (χ0n) is 9.99. The molecule has 0 bridgehead atoms. The van der Waals surface area contributed by atoms with E-state index in [0.29, 0.717) is 19.5 Å². The van der Waals surface area contributed by atoms with Crippen molar-refractivity contribution in [2.24, 2.45) is 5.73 Å². The average Bonchev–Trinajstić information content (AvgIpc) is 2.52. The third kappa shape index (κ3) is 5.59. The van der Waals surface area contributed by atoms with Crippen LogP contribution in [0.25, 0.3) is 0 Å². The van der Waals surface area contributed by atoms with Gasteiger partial charge in [0, 0.05) is 13.1 Å². The predicted octanol–water partition coefficient (Wildman–Crippen LogP) is 0.563. The monoisotopic (exact) mass is 218 g/mol. The van der Waals surface area contributed by atoms with Crippen LogP contribution in [0.1, 0.15) is 27.2 Å². The van der Waals surface area contributed by atoms with Gasteiger partial charge in [0.1, 0.15) is 5.60 Å². The number of carbonyl (C=O) groups excluding carboxylic acids is 1. The van der Waals surface area contributed by atoms with Crippen molar-refractivity contribution in [3.63, 3.8) is 0 Å². The standard InChI is InChI=1S/C9H17NO3.CH5N/c1-9(2,3)13-8(12)10-5-4-7(11)6-10;1-2/h7,11H,4-6H2,1-3H3;2H2,1H3. The Kier molecular flexibility index (Phi) is 5.60. The van der Waals surface area contributed by atoms with Gasteiger partial charge < -0.3 is 20.5 Å². The van der Waals surface area contributed by atoms with Gasteiger partial charge in [0.15, 0.2) is 0 Å². The Morgan fingerprint density at radius 1 is 1.47 bits per heavy atom. The quantitative estimate of drug-likeness (QED) is 0.623. The van der Waals surface area contributed by atoms with Crippen molar-refractivity contribution in [1.29, 1.82) is 0 Å². The van der Waals surface area contributed by atoms with Crippen LogP contribution < -0.4 is 5.73 Å². The summed E-state index contributed by atoms with van der Waals surface area (Å²) in [4.78, 5) is 12.9. The van der Waals surface area contributed by atoms with Crippen LogP contribution in [0.4, 0.5) is 4.79 Å². The van der Waals surface area contributed by atoms with E-state index in [1.165, 1.54) is 11.9 Å². The lowest BCUT2D eigenvalue weighted by Crippen LogP contribution is -2.35. The van der Waals surface area contributed by atoms with Gasteiger partial charge in [-0.15, -0.1) is 0 Å². The highest BCUT2D eigenvalue weighted by atomic mass is 16.6. The first-order valence-corrected chi connectivity index (χ1v) is 5.12. The van der Waals surface area contributed by atoms with Crippen LogP contribution in [-0.2, 0) is 4.74 Å². The summed E-state index contributed by atoms with van der Waals surface area (Å²) in [7, 11) is 1.50. The summed E-state index contributed by atoms with van der Waals surface area (Å²) in [6, 6.07) is 0. The van der Waals surface area contributed by atoms with Crippen LogP contribution in [0.15, 0.2) is 0 Å². The molecule has 1 heterocycles. The van der Waals surface area contributed by atoms with E-state index in [0.717, 1.165) is 0 Å². The Morgan fingerprint density at radius 2 is 2.00 bits per heavy atom. The molecule has 5 heteroatoms. The normalized spacial score (nSPS) is 20.7. The lowest BCUT2D eigenvalue weighted by molar-refractivity contribution is 0.0270. The van der Waals surface area contributed by atoms with E-state index in [1.54, 1.807) is 0 Å². The number of β-amino-alcohol motifs (C(OH)–C–C–N with tert-alkyl or cyclic N) is 1. The van der Waals surface area contributed by atoms with Gasteiger partial charge in [-0.3, -0.25) is 0 Å². The zero-order chi connectivity index (χ0) is 12.1. The van der Waals surface area contributed by atoms with E-state index in [1.807, 2.05) is 20.8 Å². The smallest absolute Gasteiger partial charge is 0.410 e. The molecule has 1 aliphatic heterocycles. The zero-order valence-corrected chi connectivity index (χ0v) is 9.99. The van der Waals surface area contributed by atoms with Crippen LogP contribution >= 0.6 is 0 Å². The number of nitrogens with two attached hydrogens (primary N) is 1. The fraction of sp³-hybridized carbons (Fsp3) is 0.900. The van der Waals surface area contributed by atoms with E-state index < -0.39 is 5.60 Å². The SMILES string of the molecule is CC(C)(C)OC(=O)N1CCC(O)C1.CN. The van der Waals surface area contributed by atoms with Crippen molar-refractivity contribution in [3.8, 4) is 0 Å². The number of amides is 1. The molecule has 0 aromatic rings. The van der Waals surface area contributed by atoms with Gasteiger partial charge in [-0.1, -0.05) is 0 Å². The maximum absolute atomic E-state index is 11.4. The minimum atomic E-state index is -0.454. The molecule has 15 heavy (non-hydrogen) atoms. The maximum atomic E-state index is 11.4. The summed E-state index contributed by atoms with van der Waals surface area (Å²) in [5.74, 6) is 0. The highest BCUT2D eigenvalue weighted by Gasteiger charge is 2.28. The summed E-state index contributed by atoms with van der Waals surface area (Å²) >= 11 is 0. The Labute approximate surface area is 91.2 Å². The Bertz CT molecular complexity index is 201. The molecule has 90 valence electrons. The number of rotatable bonds is 0. The average molecular weight is 218 g/mol. The molecule has 0 aliphatic carbocycles. The van der Waals surface area contributed by atoms with Crippen molar-refractivity contribution in [2.75, 3.05) is 20.1 Å². The highest BCUT2D eigenvalue weighted by molar-refractivity contribution is 5.68. The predicted molar refractivity (Wildman–Crippen MR) is 58.5 cm³/mol. The van der Waals surface area contributed by atoms with Crippen molar-refractivity contribution >= 4 is 6.09 Å². The summed E-state index contributed by atoms with van der Waals surface area (Å²) in [6.07, 6.45) is -0.0595. The largest absolute Gasteiger partial charge is 0.444 e. The lowest BCUT2D eigenvalue weighted by Gasteiger charge is -2.24. The number of ether oxygens (including phenoxy) is 1. The Hall–Kier alpha value is -0.810. The molecular formula is C10H22N2O3.